The molecule has 4 heteroatoms. The number of aliphatic hydroxyl groups excluding tert-OH is 1. The van der Waals surface area contributed by atoms with E-state index in [4.69, 9.17) is 9.84 Å². The number of hydrogen-bond acceptors (Lipinski definition) is 3. The molecule has 64 valence electrons. The molecule has 0 unspecified atom stereocenters. The lowest BCUT2D eigenvalue weighted by molar-refractivity contribution is 0.0972. The molecule has 0 amide bonds. The molecule has 0 saturated carbocycles. The van der Waals surface area contributed by atoms with Crippen LogP contribution in [-0.2, 0) is 0 Å². The molecule has 0 aliphatic heterocycles. The Morgan fingerprint density at radius 2 is 2.33 bits per heavy atom. The summed E-state index contributed by atoms with van der Waals surface area (Å²) in [4.78, 5) is 10.5. The van der Waals surface area contributed by atoms with Crippen LogP contribution in [0.5, 0.6) is 5.75 Å². The van der Waals surface area contributed by atoms with Crippen molar-refractivity contribution in [2.75, 3.05) is 6.79 Å². The number of halogens is 1. The largest absolute Gasteiger partial charge is 0.467 e. The number of rotatable bonds is 3. The zero-order valence-electron chi connectivity index (χ0n) is 6.16. The van der Waals surface area contributed by atoms with Gasteiger partial charge in [-0.15, -0.1) is 0 Å². The quantitative estimate of drug-likeness (QED) is 0.517. The lowest BCUT2D eigenvalue weighted by atomic mass is 10.2. The van der Waals surface area contributed by atoms with Gasteiger partial charge in [0.2, 0.25) is 0 Å². The number of benzene rings is 1. The fraction of sp³-hybridized carbons (Fsp3) is 0.125. The Morgan fingerprint density at radius 3 is 2.92 bits per heavy atom. The average molecular weight is 278 g/mol. The topological polar surface area (TPSA) is 46.5 Å². The molecule has 0 bridgehead atoms. The van der Waals surface area contributed by atoms with Crippen LogP contribution in [0.3, 0.4) is 0 Å². The van der Waals surface area contributed by atoms with Crippen LogP contribution in [0.4, 0.5) is 0 Å². The van der Waals surface area contributed by atoms with Crippen LogP contribution in [-0.4, -0.2) is 18.2 Å². The molecule has 0 aliphatic rings. The van der Waals surface area contributed by atoms with Gasteiger partial charge in [-0.2, -0.15) is 0 Å². The highest BCUT2D eigenvalue weighted by Gasteiger charge is 2.04. The van der Waals surface area contributed by atoms with Crippen molar-refractivity contribution in [3.63, 3.8) is 0 Å². The number of ether oxygens (including phenoxy) is 1. The van der Waals surface area contributed by atoms with Gasteiger partial charge in [0.05, 0.1) is 3.57 Å². The predicted molar refractivity (Wildman–Crippen MR) is 52.3 cm³/mol. The first-order valence-electron chi connectivity index (χ1n) is 3.27. The van der Waals surface area contributed by atoms with Gasteiger partial charge in [0.1, 0.15) is 5.75 Å². The van der Waals surface area contributed by atoms with Crippen LogP contribution in [0, 0.1) is 3.57 Å². The van der Waals surface area contributed by atoms with E-state index in [1.54, 1.807) is 18.2 Å². The second kappa shape index (κ2) is 4.42. The van der Waals surface area contributed by atoms with Gasteiger partial charge in [-0.3, -0.25) is 4.79 Å². The summed E-state index contributed by atoms with van der Waals surface area (Å²) < 4.78 is 5.59. The Kier molecular flexibility index (Phi) is 3.48. The van der Waals surface area contributed by atoms with E-state index in [1.165, 1.54) is 0 Å². The first kappa shape index (κ1) is 9.47. The molecule has 0 spiro atoms. The van der Waals surface area contributed by atoms with Gasteiger partial charge < -0.3 is 9.84 Å². The molecule has 1 rings (SSSR count). The maximum atomic E-state index is 10.5. The van der Waals surface area contributed by atoms with Crippen molar-refractivity contribution < 1.29 is 14.6 Å². The van der Waals surface area contributed by atoms with E-state index in [1.807, 2.05) is 22.6 Å². The van der Waals surface area contributed by atoms with Crippen molar-refractivity contribution in [2.24, 2.45) is 0 Å². The highest BCUT2D eigenvalue weighted by Crippen LogP contribution is 2.22. The predicted octanol–water partition coefficient (Wildman–Crippen LogP) is 1.43. The smallest absolute Gasteiger partial charge is 0.186 e. The summed E-state index contributed by atoms with van der Waals surface area (Å²) in [6.45, 7) is -0.377. The molecule has 0 fully saturated rings. The number of hydrogen-bond donors (Lipinski definition) is 1. The van der Waals surface area contributed by atoms with E-state index in [2.05, 4.69) is 0 Å². The van der Waals surface area contributed by atoms with Crippen molar-refractivity contribution in [3.8, 4) is 5.75 Å². The van der Waals surface area contributed by atoms with Crippen molar-refractivity contribution >= 4 is 28.9 Å². The van der Waals surface area contributed by atoms with Crippen LogP contribution >= 0.6 is 22.6 Å². The van der Waals surface area contributed by atoms with E-state index in [9.17, 15) is 4.79 Å². The zero-order chi connectivity index (χ0) is 8.97. The van der Waals surface area contributed by atoms with Crippen molar-refractivity contribution in [1.29, 1.82) is 0 Å². The first-order valence-corrected chi connectivity index (χ1v) is 4.35. The molecule has 1 aromatic rings. The summed E-state index contributed by atoms with van der Waals surface area (Å²) in [6, 6.07) is 5.10. The lowest BCUT2D eigenvalue weighted by Gasteiger charge is -2.05. The molecule has 0 saturated heterocycles. The fourth-order valence-corrected chi connectivity index (χ4v) is 1.44. The molecule has 1 aromatic carbocycles. The number of aliphatic hydroxyl groups is 1. The standard InChI is InChI=1S/C8H7IO3/c9-8-6(4-10)2-1-3-7(8)12-5-11/h1-4,11H,5H2. The summed E-state index contributed by atoms with van der Waals surface area (Å²) >= 11 is 2.00. The molecular weight excluding hydrogens is 271 g/mol. The fourth-order valence-electron chi connectivity index (χ4n) is 0.800. The number of aldehydes is 1. The molecule has 0 heterocycles. The summed E-state index contributed by atoms with van der Waals surface area (Å²) in [6.07, 6.45) is 0.756. The maximum Gasteiger partial charge on any atom is 0.186 e. The molecule has 0 aromatic heterocycles. The molecule has 0 atom stereocenters. The van der Waals surface area contributed by atoms with Gasteiger partial charge in [-0.1, -0.05) is 12.1 Å². The van der Waals surface area contributed by atoms with E-state index in [-0.39, 0.29) is 6.79 Å². The van der Waals surface area contributed by atoms with Crippen molar-refractivity contribution in [1.82, 2.24) is 0 Å². The summed E-state index contributed by atoms with van der Waals surface area (Å²) in [7, 11) is 0. The third-order valence-corrected chi connectivity index (χ3v) is 2.49. The Bertz CT molecular complexity index is 286. The molecular formula is C8H7IO3. The van der Waals surface area contributed by atoms with Gasteiger partial charge in [0.15, 0.2) is 13.1 Å². The van der Waals surface area contributed by atoms with Gasteiger partial charge in [-0.25, -0.2) is 0 Å². The normalized spacial score (nSPS) is 9.50. The summed E-state index contributed by atoms with van der Waals surface area (Å²) in [5.41, 5.74) is 0.571. The number of carbonyl (C=O) groups is 1. The van der Waals surface area contributed by atoms with Crippen LogP contribution in [0.15, 0.2) is 18.2 Å². The van der Waals surface area contributed by atoms with Crippen LogP contribution in [0.1, 0.15) is 10.4 Å². The Hall–Kier alpha value is -0.620. The minimum Gasteiger partial charge on any atom is -0.467 e. The minimum absolute atomic E-state index is 0.377. The van der Waals surface area contributed by atoms with Crippen molar-refractivity contribution in [3.05, 3.63) is 27.3 Å². The lowest BCUT2D eigenvalue weighted by Crippen LogP contribution is -1.98. The van der Waals surface area contributed by atoms with Crippen molar-refractivity contribution in [2.45, 2.75) is 0 Å². The second-order valence-corrected chi connectivity index (χ2v) is 3.13. The molecule has 0 radical (unpaired) electrons. The zero-order valence-corrected chi connectivity index (χ0v) is 8.32. The van der Waals surface area contributed by atoms with Gasteiger partial charge in [-0.05, 0) is 28.7 Å². The van der Waals surface area contributed by atoms with Gasteiger partial charge in [0.25, 0.3) is 0 Å². The molecule has 0 aliphatic carbocycles. The van der Waals surface area contributed by atoms with Gasteiger partial charge in [0, 0.05) is 5.56 Å². The third kappa shape index (κ3) is 1.95. The minimum atomic E-state index is -0.377. The second-order valence-electron chi connectivity index (χ2n) is 2.05. The molecule has 1 N–H and O–H groups in total. The summed E-state index contributed by atoms with van der Waals surface area (Å²) in [5.74, 6) is 0.530. The molecule has 12 heavy (non-hydrogen) atoms. The van der Waals surface area contributed by atoms with Crippen LogP contribution < -0.4 is 4.74 Å². The van der Waals surface area contributed by atoms with Crippen LogP contribution in [0.2, 0.25) is 0 Å². The van der Waals surface area contributed by atoms with E-state index in [0.29, 0.717) is 11.3 Å². The Balaban J connectivity index is 3.04. The molecule has 3 nitrogen and oxygen atoms in total. The highest BCUT2D eigenvalue weighted by atomic mass is 127. The van der Waals surface area contributed by atoms with Gasteiger partial charge >= 0.3 is 0 Å². The SMILES string of the molecule is O=Cc1cccc(OCO)c1I. The van der Waals surface area contributed by atoms with E-state index >= 15 is 0 Å². The Labute approximate surface area is 83.5 Å². The van der Waals surface area contributed by atoms with Crippen LogP contribution in [0.25, 0.3) is 0 Å². The maximum absolute atomic E-state index is 10.5. The Morgan fingerprint density at radius 1 is 1.58 bits per heavy atom. The van der Waals surface area contributed by atoms with E-state index in [0.717, 1.165) is 9.86 Å². The highest BCUT2D eigenvalue weighted by molar-refractivity contribution is 14.1. The number of carbonyl (C=O) groups excluding carboxylic acids is 1. The third-order valence-electron chi connectivity index (χ3n) is 1.34. The van der Waals surface area contributed by atoms with E-state index < -0.39 is 0 Å². The average Bonchev–Trinajstić information content (AvgIpc) is 2.09. The summed E-state index contributed by atoms with van der Waals surface area (Å²) in [5, 5.41) is 8.49. The first-order chi connectivity index (χ1) is 5.79. The monoisotopic (exact) mass is 278 g/mol.